The molecule has 0 unspecified atom stereocenters. The van der Waals surface area contributed by atoms with Crippen molar-refractivity contribution in [1.29, 1.82) is 0 Å². The first-order valence-electron chi connectivity index (χ1n) is 4.77. The Bertz CT molecular complexity index is 447. The standard InChI is InChI=1S/C11H11NOS/c1-2-8-4-5-14-11(8)10(3-1)13-9-6-12-7-9/h1-5,9,12H,6-7H2. The van der Waals surface area contributed by atoms with Crippen molar-refractivity contribution in [2.24, 2.45) is 0 Å². The molecule has 3 rings (SSSR count). The van der Waals surface area contributed by atoms with Gasteiger partial charge in [0, 0.05) is 13.1 Å². The summed E-state index contributed by atoms with van der Waals surface area (Å²) in [5.41, 5.74) is 0. The molecule has 1 aromatic carbocycles. The van der Waals surface area contributed by atoms with Gasteiger partial charge in [-0.25, -0.2) is 0 Å². The van der Waals surface area contributed by atoms with E-state index in [9.17, 15) is 0 Å². The summed E-state index contributed by atoms with van der Waals surface area (Å²) in [6.45, 7) is 1.95. The van der Waals surface area contributed by atoms with E-state index in [1.165, 1.54) is 10.1 Å². The Morgan fingerprint density at radius 2 is 2.21 bits per heavy atom. The maximum Gasteiger partial charge on any atom is 0.137 e. The van der Waals surface area contributed by atoms with Gasteiger partial charge in [0.25, 0.3) is 0 Å². The molecule has 2 heterocycles. The van der Waals surface area contributed by atoms with Crippen molar-refractivity contribution in [3.05, 3.63) is 29.6 Å². The highest BCUT2D eigenvalue weighted by molar-refractivity contribution is 7.17. The molecule has 0 atom stereocenters. The molecule has 0 bridgehead atoms. The van der Waals surface area contributed by atoms with Gasteiger partial charge in [0.2, 0.25) is 0 Å². The molecule has 1 aliphatic heterocycles. The second-order valence-electron chi connectivity index (χ2n) is 3.49. The van der Waals surface area contributed by atoms with Crippen molar-refractivity contribution in [2.75, 3.05) is 13.1 Å². The first-order valence-corrected chi connectivity index (χ1v) is 5.65. The van der Waals surface area contributed by atoms with Crippen LogP contribution in [0.25, 0.3) is 10.1 Å². The number of fused-ring (bicyclic) bond motifs is 1. The lowest BCUT2D eigenvalue weighted by atomic mass is 10.2. The van der Waals surface area contributed by atoms with Crippen molar-refractivity contribution in [3.8, 4) is 5.75 Å². The summed E-state index contributed by atoms with van der Waals surface area (Å²) in [5.74, 6) is 1.03. The fourth-order valence-electron chi connectivity index (χ4n) is 1.58. The van der Waals surface area contributed by atoms with E-state index in [2.05, 4.69) is 35.0 Å². The first-order chi connectivity index (χ1) is 6.93. The van der Waals surface area contributed by atoms with Crippen LogP contribution in [0.1, 0.15) is 0 Å². The highest BCUT2D eigenvalue weighted by Gasteiger charge is 2.19. The quantitative estimate of drug-likeness (QED) is 0.812. The molecule has 0 saturated carbocycles. The van der Waals surface area contributed by atoms with E-state index < -0.39 is 0 Å². The second kappa shape index (κ2) is 3.26. The number of benzene rings is 1. The van der Waals surface area contributed by atoms with Crippen LogP contribution < -0.4 is 10.1 Å². The third-order valence-corrected chi connectivity index (χ3v) is 3.43. The van der Waals surface area contributed by atoms with Crippen LogP contribution in [-0.2, 0) is 0 Å². The van der Waals surface area contributed by atoms with Gasteiger partial charge < -0.3 is 10.1 Å². The maximum atomic E-state index is 5.87. The van der Waals surface area contributed by atoms with Crippen molar-refractivity contribution >= 4 is 21.4 Å². The molecule has 0 radical (unpaired) electrons. The van der Waals surface area contributed by atoms with Crippen LogP contribution in [0.5, 0.6) is 5.75 Å². The fourth-order valence-corrected chi connectivity index (χ4v) is 2.44. The molecule has 1 aliphatic rings. The largest absolute Gasteiger partial charge is 0.486 e. The van der Waals surface area contributed by atoms with Crippen LogP contribution in [0.4, 0.5) is 0 Å². The molecule has 0 aliphatic carbocycles. The highest BCUT2D eigenvalue weighted by Crippen LogP contribution is 2.31. The third kappa shape index (κ3) is 1.29. The molecule has 1 saturated heterocycles. The molecular formula is C11H11NOS. The minimum Gasteiger partial charge on any atom is -0.486 e. The molecule has 72 valence electrons. The Morgan fingerprint density at radius 1 is 1.29 bits per heavy atom. The number of hydrogen-bond acceptors (Lipinski definition) is 3. The summed E-state index contributed by atoms with van der Waals surface area (Å²) in [4.78, 5) is 0. The number of ether oxygens (including phenoxy) is 1. The van der Waals surface area contributed by atoms with Gasteiger partial charge >= 0.3 is 0 Å². The van der Waals surface area contributed by atoms with Crippen molar-refractivity contribution in [2.45, 2.75) is 6.10 Å². The Balaban J connectivity index is 1.97. The van der Waals surface area contributed by atoms with Crippen LogP contribution in [0.15, 0.2) is 29.6 Å². The van der Waals surface area contributed by atoms with Gasteiger partial charge in [-0.1, -0.05) is 12.1 Å². The smallest absolute Gasteiger partial charge is 0.137 e. The van der Waals surface area contributed by atoms with Crippen LogP contribution >= 0.6 is 11.3 Å². The lowest BCUT2D eigenvalue weighted by Gasteiger charge is -2.27. The molecule has 0 spiro atoms. The van der Waals surface area contributed by atoms with Gasteiger partial charge in [0.15, 0.2) is 0 Å². The molecule has 1 aromatic heterocycles. The minimum atomic E-state index is 0.364. The average Bonchev–Trinajstić information content (AvgIpc) is 2.59. The number of hydrogen-bond donors (Lipinski definition) is 1. The Hall–Kier alpha value is -1.06. The van der Waals surface area contributed by atoms with Gasteiger partial charge in [0.1, 0.15) is 11.9 Å². The monoisotopic (exact) mass is 205 g/mol. The summed E-state index contributed by atoms with van der Waals surface area (Å²) in [7, 11) is 0. The minimum absolute atomic E-state index is 0.364. The van der Waals surface area contributed by atoms with Gasteiger partial charge in [-0.2, -0.15) is 0 Å². The summed E-state index contributed by atoms with van der Waals surface area (Å²) >= 11 is 1.75. The number of thiophene rings is 1. The lowest BCUT2D eigenvalue weighted by molar-refractivity contribution is 0.144. The van der Waals surface area contributed by atoms with E-state index in [-0.39, 0.29) is 0 Å². The Kier molecular flexibility index (Phi) is 1.92. The van der Waals surface area contributed by atoms with Gasteiger partial charge in [0.05, 0.1) is 4.70 Å². The first kappa shape index (κ1) is 8.26. The predicted octanol–water partition coefficient (Wildman–Crippen LogP) is 2.25. The second-order valence-corrected chi connectivity index (χ2v) is 4.41. The zero-order valence-electron chi connectivity index (χ0n) is 7.69. The number of rotatable bonds is 2. The number of nitrogens with one attached hydrogen (secondary N) is 1. The molecule has 0 amide bonds. The molecule has 3 heteroatoms. The predicted molar refractivity (Wildman–Crippen MR) is 59.1 cm³/mol. The average molecular weight is 205 g/mol. The fraction of sp³-hybridized carbons (Fsp3) is 0.273. The van der Waals surface area contributed by atoms with E-state index >= 15 is 0 Å². The van der Waals surface area contributed by atoms with E-state index in [1.54, 1.807) is 11.3 Å². The topological polar surface area (TPSA) is 21.3 Å². The summed E-state index contributed by atoms with van der Waals surface area (Å²) < 4.78 is 7.13. The van der Waals surface area contributed by atoms with Crippen molar-refractivity contribution < 1.29 is 4.74 Å². The summed E-state index contributed by atoms with van der Waals surface area (Å²) in [6, 6.07) is 8.36. The normalized spacial score (nSPS) is 16.9. The van der Waals surface area contributed by atoms with Crippen LogP contribution in [-0.4, -0.2) is 19.2 Å². The van der Waals surface area contributed by atoms with Crippen molar-refractivity contribution in [1.82, 2.24) is 5.32 Å². The van der Waals surface area contributed by atoms with Gasteiger partial charge in [-0.05, 0) is 22.9 Å². The molecule has 2 nitrogen and oxygen atoms in total. The van der Waals surface area contributed by atoms with Gasteiger partial charge in [-0.15, -0.1) is 11.3 Å². The van der Waals surface area contributed by atoms with E-state index in [1.807, 2.05) is 0 Å². The van der Waals surface area contributed by atoms with Crippen LogP contribution in [0.3, 0.4) is 0 Å². The van der Waals surface area contributed by atoms with E-state index in [0.717, 1.165) is 18.8 Å². The highest BCUT2D eigenvalue weighted by atomic mass is 32.1. The van der Waals surface area contributed by atoms with E-state index in [0.29, 0.717) is 6.10 Å². The van der Waals surface area contributed by atoms with Gasteiger partial charge in [-0.3, -0.25) is 0 Å². The van der Waals surface area contributed by atoms with E-state index in [4.69, 9.17) is 4.74 Å². The molecule has 2 aromatic rings. The summed E-state index contributed by atoms with van der Waals surface area (Å²) in [6.07, 6.45) is 0.364. The molecule has 1 fully saturated rings. The van der Waals surface area contributed by atoms with Crippen molar-refractivity contribution in [3.63, 3.8) is 0 Å². The third-order valence-electron chi connectivity index (χ3n) is 2.48. The molecule has 14 heavy (non-hydrogen) atoms. The van der Waals surface area contributed by atoms with Crippen LogP contribution in [0.2, 0.25) is 0 Å². The molecule has 1 N–H and O–H groups in total. The lowest BCUT2D eigenvalue weighted by Crippen LogP contribution is -2.50. The summed E-state index contributed by atoms with van der Waals surface area (Å²) in [5, 5.41) is 6.59. The SMILES string of the molecule is c1cc(OC2CNC2)c2sccc2c1. The Labute approximate surface area is 86.5 Å². The zero-order valence-corrected chi connectivity index (χ0v) is 8.51. The zero-order chi connectivity index (χ0) is 9.38. The molecular weight excluding hydrogens is 194 g/mol. The van der Waals surface area contributed by atoms with Crippen LogP contribution in [0, 0.1) is 0 Å². The Morgan fingerprint density at radius 3 is 3.00 bits per heavy atom. The maximum absolute atomic E-state index is 5.87.